The minimum absolute atomic E-state index is 0.0781. The van der Waals surface area contributed by atoms with Crippen molar-refractivity contribution >= 4 is 23.4 Å². The van der Waals surface area contributed by atoms with Crippen LogP contribution in [0.1, 0.15) is 0 Å². The number of ether oxygens (including phenoxy) is 1. The van der Waals surface area contributed by atoms with Crippen LogP contribution in [0.25, 0.3) is 0 Å². The highest BCUT2D eigenvalue weighted by Gasteiger charge is 2.12. The topological polar surface area (TPSA) is 95.5 Å². The molecular weight excluding hydrogens is 212 g/mol. The Hall–Kier alpha value is -1.82. The van der Waals surface area contributed by atoms with Gasteiger partial charge in [-0.2, -0.15) is 0 Å². The minimum atomic E-state index is -1.08. The van der Waals surface area contributed by atoms with Crippen LogP contribution in [0.5, 0.6) is 5.75 Å². The highest BCUT2D eigenvalue weighted by Crippen LogP contribution is 2.28. The summed E-state index contributed by atoms with van der Waals surface area (Å²) >= 11 is 5.59. The van der Waals surface area contributed by atoms with Crippen molar-refractivity contribution in [3.63, 3.8) is 0 Å². The molecule has 0 aliphatic heterocycles. The zero-order valence-corrected chi connectivity index (χ0v) is 7.52. The predicted octanol–water partition coefficient (Wildman–Crippen LogP) is 1.71. The molecule has 1 amide bonds. The van der Waals surface area contributed by atoms with Crippen molar-refractivity contribution in [2.24, 2.45) is 5.73 Å². The predicted molar refractivity (Wildman–Crippen MR) is 48.3 cm³/mol. The Kier molecular flexibility index (Phi) is 2.88. The Morgan fingerprint density at radius 2 is 2.21 bits per heavy atom. The van der Waals surface area contributed by atoms with Crippen LogP contribution in [0.4, 0.5) is 10.5 Å². The van der Waals surface area contributed by atoms with Gasteiger partial charge >= 0.3 is 6.09 Å². The molecule has 0 saturated heterocycles. The van der Waals surface area contributed by atoms with Crippen LogP contribution in [0.15, 0.2) is 18.2 Å². The molecule has 6 nitrogen and oxygen atoms in total. The van der Waals surface area contributed by atoms with Gasteiger partial charge in [-0.1, -0.05) is 11.6 Å². The number of amides is 1. The van der Waals surface area contributed by atoms with E-state index in [1.165, 1.54) is 12.1 Å². The lowest BCUT2D eigenvalue weighted by molar-refractivity contribution is -0.384. The van der Waals surface area contributed by atoms with E-state index >= 15 is 0 Å². The number of nitro groups is 1. The molecule has 1 aromatic rings. The highest BCUT2D eigenvalue weighted by molar-refractivity contribution is 6.32. The fraction of sp³-hybridized carbons (Fsp3) is 0. The van der Waals surface area contributed by atoms with Gasteiger partial charge in [-0.05, 0) is 6.07 Å². The maximum Gasteiger partial charge on any atom is 0.410 e. The monoisotopic (exact) mass is 216 g/mol. The summed E-state index contributed by atoms with van der Waals surface area (Å²) in [7, 11) is 0. The molecule has 0 bridgehead atoms. The first-order chi connectivity index (χ1) is 6.50. The van der Waals surface area contributed by atoms with E-state index in [1.54, 1.807) is 0 Å². The molecule has 0 fully saturated rings. The normalized spacial score (nSPS) is 9.50. The number of nitrogens with two attached hydrogens (primary N) is 1. The minimum Gasteiger partial charge on any atom is -0.409 e. The van der Waals surface area contributed by atoms with E-state index in [1.807, 2.05) is 0 Å². The van der Waals surface area contributed by atoms with Gasteiger partial charge in [0.1, 0.15) is 0 Å². The number of halogens is 1. The summed E-state index contributed by atoms with van der Waals surface area (Å²) in [5.41, 5.74) is 4.50. The third-order valence-corrected chi connectivity index (χ3v) is 1.65. The Labute approximate surface area is 83.4 Å². The van der Waals surface area contributed by atoms with Gasteiger partial charge < -0.3 is 10.5 Å². The fourth-order valence-electron chi connectivity index (χ4n) is 0.792. The second kappa shape index (κ2) is 3.93. The van der Waals surface area contributed by atoms with Crippen LogP contribution in [0.2, 0.25) is 5.02 Å². The molecule has 74 valence electrons. The molecule has 14 heavy (non-hydrogen) atoms. The molecule has 0 radical (unpaired) electrons. The average Bonchev–Trinajstić information content (AvgIpc) is 2.07. The molecule has 0 aliphatic rings. The number of primary amides is 1. The van der Waals surface area contributed by atoms with Crippen molar-refractivity contribution in [1.29, 1.82) is 0 Å². The van der Waals surface area contributed by atoms with Gasteiger partial charge in [0.2, 0.25) is 0 Å². The molecule has 1 aromatic carbocycles. The number of benzene rings is 1. The van der Waals surface area contributed by atoms with Crippen molar-refractivity contribution in [1.82, 2.24) is 0 Å². The van der Waals surface area contributed by atoms with Crippen LogP contribution >= 0.6 is 11.6 Å². The maximum absolute atomic E-state index is 10.4. The second-order valence-electron chi connectivity index (χ2n) is 2.29. The van der Waals surface area contributed by atoms with Crippen molar-refractivity contribution in [3.8, 4) is 5.75 Å². The van der Waals surface area contributed by atoms with Gasteiger partial charge in [-0.15, -0.1) is 0 Å². The van der Waals surface area contributed by atoms with Crippen molar-refractivity contribution in [2.75, 3.05) is 0 Å². The Balaban J connectivity index is 3.08. The van der Waals surface area contributed by atoms with Gasteiger partial charge in [-0.25, -0.2) is 4.79 Å². The quantitative estimate of drug-likeness (QED) is 0.601. The third kappa shape index (κ3) is 2.33. The van der Waals surface area contributed by atoms with Crippen LogP contribution in [-0.4, -0.2) is 11.0 Å². The molecule has 1 rings (SSSR count). The smallest absolute Gasteiger partial charge is 0.409 e. The molecule has 0 heterocycles. The van der Waals surface area contributed by atoms with Gasteiger partial charge in [-0.3, -0.25) is 10.1 Å². The lowest BCUT2D eigenvalue weighted by atomic mass is 10.3. The number of carbonyl (C=O) groups excluding carboxylic acids is 1. The molecule has 2 N–H and O–H groups in total. The first-order valence-electron chi connectivity index (χ1n) is 3.42. The van der Waals surface area contributed by atoms with Crippen molar-refractivity contribution in [2.45, 2.75) is 0 Å². The van der Waals surface area contributed by atoms with Gasteiger partial charge in [0.05, 0.1) is 16.0 Å². The Morgan fingerprint density at radius 1 is 1.57 bits per heavy atom. The number of nitrogens with zero attached hydrogens (tertiary/aromatic N) is 1. The number of non-ortho nitro benzene ring substituents is 1. The summed E-state index contributed by atoms with van der Waals surface area (Å²) in [5.74, 6) is -0.131. The fourth-order valence-corrected chi connectivity index (χ4v) is 0.948. The van der Waals surface area contributed by atoms with Gasteiger partial charge in [0.25, 0.3) is 5.69 Å². The van der Waals surface area contributed by atoms with Gasteiger partial charge in [0, 0.05) is 6.07 Å². The number of hydrogen-bond acceptors (Lipinski definition) is 4. The van der Waals surface area contributed by atoms with Crippen LogP contribution in [-0.2, 0) is 0 Å². The van der Waals surface area contributed by atoms with Crippen molar-refractivity contribution < 1.29 is 14.5 Å². The number of rotatable bonds is 2. The average molecular weight is 217 g/mol. The van der Waals surface area contributed by atoms with Gasteiger partial charge in [0.15, 0.2) is 5.75 Å². The summed E-state index contributed by atoms with van der Waals surface area (Å²) in [6, 6.07) is 3.46. The first kappa shape index (κ1) is 10.3. The third-order valence-electron chi connectivity index (χ3n) is 1.34. The summed E-state index contributed by atoms with van der Waals surface area (Å²) < 4.78 is 4.44. The van der Waals surface area contributed by atoms with Crippen LogP contribution in [0.3, 0.4) is 0 Å². The maximum atomic E-state index is 10.4. The molecule has 0 saturated carbocycles. The number of hydrogen-bond donors (Lipinski definition) is 1. The van der Waals surface area contributed by atoms with E-state index in [0.717, 1.165) is 6.07 Å². The second-order valence-corrected chi connectivity index (χ2v) is 2.70. The van der Waals surface area contributed by atoms with E-state index < -0.39 is 11.0 Å². The summed E-state index contributed by atoms with van der Waals surface area (Å²) in [6.45, 7) is 0. The Morgan fingerprint density at radius 3 is 2.71 bits per heavy atom. The molecular formula is C7H5ClN2O4. The zero-order valence-electron chi connectivity index (χ0n) is 6.77. The first-order valence-corrected chi connectivity index (χ1v) is 3.79. The Bertz CT molecular complexity index is 393. The zero-order chi connectivity index (χ0) is 10.7. The molecule has 7 heteroatoms. The van der Waals surface area contributed by atoms with E-state index in [2.05, 4.69) is 4.74 Å². The summed E-state index contributed by atoms with van der Waals surface area (Å²) in [4.78, 5) is 20.1. The summed E-state index contributed by atoms with van der Waals surface area (Å²) in [5, 5.41) is 10.4. The lowest BCUT2D eigenvalue weighted by Crippen LogP contribution is -2.16. The summed E-state index contributed by atoms with van der Waals surface area (Å²) in [6.07, 6.45) is -1.08. The van der Waals surface area contributed by atoms with E-state index in [9.17, 15) is 14.9 Å². The van der Waals surface area contributed by atoms with Crippen LogP contribution in [0, 0.1) is 10.1 Å². The van der Waals surface area contributed by atoms with E-state index in [-0.39, 0.29) is 16.5 Å². The SMILES string of the molecule is NC(=O)Oc1cc([N+](=O)[O-])ccc1Cl. The molecule has 0 aliphatic carbocycles. The van der Waals surface area contributed by atoms with Crippen LogP contribution < -0.4 is 10.5 Å². The largest absolute Gasteiger partial charge is 0.410 e. The highest BCUT2D eigenvalue weighted by atomic mass is 35.5. The van der Waals surface area contributed by atoms with Crippen molar-refractivity contribution in [3.05, 3.63) is 33.3 Å². The number of carbonyl (C=O) groups is 1. The van der Waals surface area contributed by atoms with E-state index in [0.29, 0.717) is 0 Å². The van der Waals surface area contributed by atoms with E-state index in [4.69, 9.17) is 17.3 Å². The molecule has 0 atom stereocenters. The molecule has 0 spiro atoms. The standard InChI is InChI=1S/C7H5ClN2O4/c8-5-2-1-4(10(12)13)3-6(5)14-7(9)11/h1-3H,(H2,9,11). The molecule has 0 unspecified atom stereocenters. The lowest BCUT2D eigenvalue weighted by Gasteiger charge is -2.02. The molecule has 0 aromatic heterocycles. The number of nitro benzene ring substituents is 1.